The molecule has 0 saturated heterocycles. The first-order chi connectivity index (χ1) is 8.25. The largest absolute Gasteiger partial charge is 0.389 e. The lowest BCUT2D eigenvalue weighted by molar-refractivity contribution is 0.987. The van der Waals surface area contributed by atoms with Gasteiger partial charge in [-0.15, -0.1) is 11.3 Å². The minimum Gasteiger partial charge on any atom is -0.389 e. The lowest BCUT2D eigenvalue weighted by Crippen LogP contribution is -2.11. The molecule has 4 nitrogen and oxygen atoms in total. The normalized spacial score (nSPS) is 10.1. The minimum atomic E-state index is 0.367. The Labute approximate surface area is 109 Å². The molecule has 0 saturated carbocycles. The Morgan fingerprint density at radius 3 is 2.88 bits per heavy atom. The average molecular weight is 264 g/mol. The average Bonchev–Trinajstić information content (AvgIpc) is 2.83. The van der Waals surface area contributed by atoms with E-state index < -0.39 is 0 Å². The smallest absolute Gasteiger partial charge is 0.125 e. The maximum Gasteiger partial charge on any atom is 0.125 e. The fourth-order valence-corrected chi connectivity index (χ4v) is 2.06. The zero-order valence-corrected chi connectivity index (χ0v) is 10.7. The van der Waals surface area contributed by atoms with E-state index in [1.807, 2.05) is 23.7 Å². The Kier molecular flexibility index (Phi) is 4.00. The highest BCUT2D eigenvalue weighted by molar-refractivity contribution is 7.80. The second kappa shape index (κ2) is 5.70. The molecule has 0 aliphatic heterocycles. The quantitative estimate of drug-likeness (QED) is 0.807. The second-order valence-corrected chi connectivity index (χ2v) is 4.82. The highest BCUT2D eigenvalue weighted by Gasteiger charge is 1.99. The van der Waals surface area contributed by atoms with Crippen molar-refractivity contribution in [1.29, 1.82) is 0 Å². The summed E-state index contributed by atoms with van der Waals surface area (Å²) in [7, 11) is 0. The summed E-state index contributed by atoms with van der Waals surface area (Å²) in [5.74, 6) is 0.821. The SMILES string of the molecule is NC(=S)c1ccc(NCCc2nccs2)nc1. The number of hydrogen-bond donors (Lipinski definition) is 2. The van der Waals surface area contributed by atoms with E-state index in [1.54, 1.807) is 17.5 Å². The summed E-state index contributed by atoms with van der Waals surface area (Å²) in [5, 5.41) is 6.32. The van der Waals surface area contributed by atoms with Crippen molar-refractivity contribution in [3.63, 3.8) is 0 Å². The monoisotopic (exact) mass is 264 g/mol. The zero-order valence-electron chi connectivity index (χ0n) is 9.09. The Bertz CT molecular complexity index is 479. The van der Waals surface area contributed by atoms with Gasteiger partial charge in [0.1, 0.15) is 10.8 Å². The van der Waals surface area contributed by atoms with Crippen molar-refractivity contribution in [3.8, 4) is 0 Å². The molecule has 0 atom stereocenters. The zero-order chi connectivity index (χ0) is 12.1. The summed E-state index contributed by atoms with van der Waals surface area (Å²) in [5.41, 5.74) is 6.28. The molecule has 0 aromatic carbocycles. The third-order valence-electron chi connectivity index (χ3n) is 2.18. The van der Waals surface area contributed by atoms with Crippen molar-refractivity contribution < 1.29 is 0 Å². The molecule has 2 aromatic heterocycles. The van der Waals surface area contributed by atoms with Crippen LogP contribution in [0.4, 0.5) is 5.82 Å². The summed E-state index contributed by atoms with van der Waals surface area (Å²) in [4.78, 5) is 8.80. The highest BCUT2D eigenvalue weighted by atomic mass is 32.1. The van der Waals surface area contributed by atoms with Crippen LogP contribution in [0.15, 0.2) is 29.9 Å². The highest BCUT2D eigenvalue weighted by Crippen LogP contribution is 2.07. The van der Waals surface area contributed by atoms with Crippen molar-refractivity contribution in [2.75, 3.05) is 11.9 Å². The number of anilines is 1. The number of nitrogens with zero attached hydrogens (tertiary/aromatic N) is 2. The number of nitrogens with one attached hydrogen (secondary N) is 1. The molecular weight excluding hydrogens is 252 g/mol. The molecule has 3 N–H and O–H groups in total. The fourth-order valence-electron chi connectivity index (χ4n) is 1.32. The predicted octanol–water partition coefficient (Wildman–Crippen LogP) is 1.83. The molecule has 0 aliphatic rings. The van der Waals surface area contributed by atoms with Crippen LogP contribution in [0.25, 0.3) is 0 Å². The minimum absolute atomic E-state index is 0.367. The van der Waals surface area contributed by atoms with Gasteiger partial charge in [0, 0.05) is 36.3 Å². The molecule has 0 radical (unpaired) electrons. The molecule has 6 heteroatoms. The molecule has 0 unspecified atom stereocenters. The predicted molar refractivity (Wildman–Crippen MR) is 74.4 cm³/mol. The maximum absolute atomic E-state index is 5.49. The van der Waals surface area contributed by atoms with Gasteiger partial charge in [-0.25, -0.2) is 9.97 Å². The number of hydrogen-bond acceptors (Lipinski definition) is 5. The van der Waals surface area contributed by atoms with E-state index >= 15 is 0 Å². The van der Waals surface area contributed by atoms with E-state index in [1.165, 1.54) is 0 Å². The van der Waals surface area contributed by atoms with E-state index in [9.17, 15) is 0 Å². The van der Waals surface area contributed by atoms with Gasteiger partial charge in [0.25, 0.3) is 0 Å². The lowest BCUT2D eigenvalue weighted by atomic mass is 10.3. The Balaban J connectivity index is 1.85. The number of rotatable bonds is 5. The third kappa shape index (κ3) is 3.47. The molecule has 0 bridgehead atoms. The van der Waals surface area contributed by atoms with Gasteiger partial charge in [-0.3, -0.25) is 0 Å². The van der Waals surface area contributed by atoms with Gasteiger partial charge in [0.2, 0.25) is 0 Å². The van der Waals surface area contributed by atoms with E-state index in [0.29, 0.717) is 4.99 Å². The molecule has 0 aliphatic carbocycles. The second-order valence-electron chi connectivity index (χ2n) is 3.40. The summed E-state index contributed by atoms with van der Waals surface area (Å²) >= 11 is 6.52. The summed E-state index contributed by atoms with van der Waals surface area (Å²) < 4.78 is 0. The van der Waals surface area contributed by atoms with Crippen LogP contribution in [0, 0.1) is 0 Å². The summed E-state index contributed by atoms with van der Waals surface area (Å²) in [6, 6.07) is 3.73. The van der Waals surface area contributed by atoms with Crippen LogP contribution < -0.4 is 11.1 Å². The van der Waals surface area contributed by atoms with Crippen LogP contribution in [0.1, 0.15) is 10.6 Å². The lowest BCUT2D eigenvalue weighted by Gasteiger charge is -2.04. The first-order valence-electron chi connectivity index (χ1n) is 5.14. The van der Waals surface area contributed by atoms with E-state index in [2.05, 4.69) is 15.3 Å². The van der Waals surface area contributed by atoms with Gasteiger partial charge in [0.05, 0.1) is 5.01 Å². The number of thiocarbonyl (C=S) groups is 1. The van der Waals surface area contributed by atoms with Gasteiger partial charge >= 0.3 is 0 Å². The van der Waals surface area contributed by atoms with Gasteiger partial charge in [-0.1, -0.05) is 12.2 Å². The van der Waals surface area contributed by atoms with Crippen molar-refractivity contribution >= 4 is 34.4 Å². The Hall–Kier alpha value is -1.53. The van der Waals surface area contributed by atoms with Crippen LogP contribution in [0.3, 0.4) is 0 Å². The van der Waals surface area contributed by atoms with E-state index in [4.69, 9.17) is 18.0 Å². The molecule has 2 aromatic rings. The van der Waals surface area contributed by atoms with Crippen LogP contribution in [0.5, 0.6) is 0 Å². The van der Waals surface area contributed by atoms with Gasteiger partial charge in [-0.2, -0.15) is 0 Å². The number of aromatic nitrogens is 2. The van der Waals surface area contributed by atoms with Crippen LogP contribution in [0.2, 0.25) is 0 Å². The third-order valence-corrected chi connectivity index (χ3v) is 3.25. The molecule has 17 heavy (non-hydrogen) atoms. The van der Waals surface area contributed by atoms with Crippen LogP contribution in [-0.4, -0.2) is 21.5 Å². The Morgan fingerprint density at radius 2 is 2.29 bits per heavy atom. The van der Waals surface area contributed by atoms with Crippen molar-refractivity contribution in [2.45, 2.75) is 6.42 Å². The molecule has 2 heterocycles. The van der Waals surface area contributed by atoms with Gasteiger partial charge < -0.3 is 11.1 Å². The molecular formula is C11H12N4S2. The first-order valence-corrected chi connectivity index (χ1v) is 6.42. The van der Waals surface area contributed by atoms with Crippen LogP contribution >= 0.6 is 23.6 Å². The molecule has 0 amide bonds. The molecule has 88 valence electrons. The molecule has 0 spiro atoms. The Morgan fingerprint density at radius 1 is 1.41 bits per heavy atom. The van der Waals surface area contributed by atoms with Crippen molar-refractivity contribution in [1.82, 2.24) is 9.97 Å². The molecule has 2 rings (SSSR count). The number of pyridine rings is 1. The maximum atomic E-state index is 5.49. The summed E-state index contributed by atoms with van der Waals surface area (Å²) in [6.07, 6.45) is 4.39. The standard InChI is InChI=1S/C11H12N4S2/c12-11(16)8-1-2-9(15-7-8)13-4-3-10-14-5-6-17-10/h1-2,5-7H,3-4H2,(H2,12,16)(H,13,15). The van der Waals surface area contributed by atoms with Gasteiger partial charge in [-0.05, 0) is 12.1 Å². The van der Waals surface area contributed by atoms with E-state index in [0.717, 1.165) is 29.4 Å². The molecule has 0 fully saturated rings. The van der Waals surface area contributed by atoms with Crippen molar-refractivity contribution in [2.24, 2.45) is 5.73 Å². The van der Waals surface area contributed by atoms with Gasteiger partial charge in [0.15, 0.2) is 0 Å². The first kappa shape index (κ1) is 11.9. The van der Waals surface area contributed by atoms with Crippen LogP contribution in [-0.2, 0) is 6.42 Å². The topological polar surface area (TPSA) is 63.8 Å². The van der Waals surface area contributed by atoms with Crippen molar-refractivity contribution in [3.05, 3.63) is 40.5 Å². The number of nitrogens with two attached hydrogens (primary N) is 1. The van der Waals surface area contributed by atoms with E-state index in [-0.39, 0.29) is 0 Å². The summed E-state index contributed by atoms with van der Waals surface area (Å²) in [6.45, 7) is 0.812. The fraction of sp³-hybridized carbons (Fsp3) is 0.182. The number of thiazole rings is 1.